The molecule has 0 saturated heterocycles. The van der Waals surface area contributed by atoms with E-state index in [9.17, 15) is 4.79 Å². The molecule has 0 radical (unpaired) electrons. The summed E-state index contributed by atoms with van der Waals surface area (Å²) in [5.41, 5.74) is 0. The number of hydrogen-bond donors (Lipinski definition) is 0. The molecular formula is C8H15CrO3. The van der Waals surface area contributed by atoms with Crippen molar-refractivity contribution < 1.29 is 30.2 Å². The molecule has 0 aliphatic rings. The Hall–Kier alpha value is -0.0375. The van der Waals surface area contributed by atoms with Crippen molar-refractivity contribution in [1.29, 1.82) is 0 Å². The van der Waals surface area contributed by atoms with Crippen LogP contribution in [0.1, 0.15) is 39.5 Å². The second kappa shape index (κ2) is 7.60. The van der Waals surface area contributed by atoms with Gasteiger partial charge in [0, 0.05) is 0 Å². The van der Waals surface area contributed by atoms with Crippen molar-refractivity contribution in [2.45, 2.75) is 39.5 Å². The summed E-state index contributed by atoms with van der Waals surface area (Å²) in [7, 11) is 0. The molecule has 0 saturated carbocycles. The van der Waals surface area contributed by atoms with E-state index < -0.39 is 0 Å². The molecule has 0 bridgehead atoms. The fraction of sp³-hybridized carbons (Fsp3) is 0.875. The second-order valence-corrected chi connectivity index (χ2v) is 2.93. The zero-order valence-corrected chi connectivity index (χ0v) is 8.81. The zero-order valence-electron chi connectivity index (χ0n) is 7.54. The molecule has 1 unspecified atom stereocenters. The van der Waals surface area contributed by atoms with Gasteiger partial charge in [0.25, 0.3) is 0 Å². The van der Waals surface area contributed by atoms with Crippen molar-refractivity contribution in [3.63, 3.8) is 0 Å². The van der Waals surface area contributed by atoms with Crippen molar-refractivity contribution >= 4 is 5.97 Å². The summed E-state index contributed by atoms with van der Waals surface area (Å²) in [4.78, 5) is 15.5. The maximum atomic E-state index is 11.1. The van der Waals surface area contributed by atoms with Crippen LogP contribution in [0.2, 0.25) is 0 Å². The predicted molar refractivity (Wildman–Crippen MR) is 40.5 cm³/mol. The van der Waals surface area contributed by atoms with E-state index in [1.807, 2.05) is 6.92 Å². The molecule has 1 atom stereocenters. The van der Waals surface area contributed by atoms with E-state index >= 15 is 0 Å². The van der Waals surface area contributed by atoms with E-state index in [2.05, 4.69) is 32.4 Å². The van der Waals surface area contributed by atoms with Gasteiger partial charge < -0.3 is 0 Å². The van der Waals surface area contributed by atoms with Crippen molar-refractivity contribution in [1.82, 2.24) is 0 Å². The molecule has 12 heavy (non-hydrogen) atoms. The summed E-state index contributed by atoms with van der Waals surface area (Å²) < 4.78 is 4.19. The summed E-state index contributed by atoms with van der Waals surface area (Å²) in [5.74, 6) is -0.289. The minimum atomic E-state index is -0.273. The number of rotatable bonds is 6. The van der Waals surface area contributed by atoms with Gasteiger partial charge in [0.2, 0.25) is 0 Å². The molecule has 0 amide bonds. The average Bonchev–Trinajstić information content (AvgIpc) is 2.06. The molecule has 0 aromatic rings. The van der Waals surface area contributed by atoms with Crippen LogP contribution in [0, 0.1) is 5.92 Å². The molecule has 0 aromatic heterocycles. The van der Waals surface area contributed by atoms with Crippen molar-refractivity contribution in [3.8, 4) is 0 Å². The van der Waals surface area contributed by atoms with Gasteiger partial charge in [-0.1, -0.05) is 0 Å². The number of carbonyl (C=O) groups excluding carboxylic acids is 1. The number of carbonyl (C=O) groups is 1. The van der Waals surface area contributed by atoms with Gasteiger partial charge in [-0.25, -0.2) is 0 Å². The normalized spacial score (nSPS) is 12.5. The fourth-order valence-electron chi connectivity index (χ4n) is 1.04. The Balaban J connectivity index is 3.71. The maximum absolute atomic E-state index is 11.1. The Morgan fingerprint density at radius 2 is 2.17 bits per heavy atom. The Kier molecular flexibility index (Phi) is 7.58. The van der Waals surface area contributed by atoms with Crippen LogP contribution in [-0.2, 0) is 30.2 Å². The van der Waals surface area contributed by atoms with Gasteiger partial charge in [-0.05, 0) is 0 Å². The third-order valence-electron chi connectivity index (χ3n) is 1.85. The molecule has 0 N–H and O–H groups in total. The van der Waals surface area contributed by atoms with Crippen molar-refractivity contribution in [3.05, 3.63) is 0 Å². The summed E-state index contributed by atoms with van der Waals surface area (Å²) in [6, 6.07) is 0. The van der Waals surface area contributed by atoms with Gasteiger partial charge in [0.1, 0.15) is 0 Å². The van der Waals surface area contributed by atoms with Gasteiger partial charge in [-0.2, -0.15) is 0 Å². The van der Waals surface area contributed by atoms with Crippen LogP contribution in [0.4, 0.5) is 0 Å². The average molecular weight is 211 g/mol. The molecule has 0 heterocycles. The molecule has 0 aliphatic carbocycles. The summed E-state index contributed by atoms with van der Waals surface area (Å²) >= 11 is 2.17. The first-order valence-electron chi connectivity index (χ1n) is 4.26. The molecule has 0 fully saturated rings. The van der Waals surface area contributed by atoms with Crippen LogP contribution in [-0.4, -0.2) is 5.97 Å². The van der Waals surface area contributed by atoms with E-state index in [-0.39, 0.29) is 11.9 Å². The van der Waals surface area contributed by atoms with Crippen molar-refractivity contribution in [2.75, 3.05) is 0 Å². The SMILES string of the molecule is CCCCC(CC)C(=O)O[O][Cr]. The van der Waals surface area contributed by atoms with Crippen LogP contribution in [0.15, 0.2) is 0 Å². The van der Waals surface area contributed by atoms with Crippen LogP contribution >= 0.6 is 0 Å². The Morgan fingerprint density at radius 1 is 1.50 bits per heavy atom. The van der Waals surface area contributed by atoms with Crippen molar-refractivity contribution in [2.24, 2.45) is 5.92 Å². The molecule has 0 rings (SSSR count). The Bertz CT molecular complexity index is 127. The standard InChI is InChI=1S/C8H16O3.Cr/c1-3-5-6-7(4-2)8(9)11-10;/h7,10H,3-6H2,1-2H3;/q;+1/p-1. The molecule has 0 aromatic carbocycles. The molecule has 71 valence electrons. The molecule has 0 aliphatic heterocycles. The summed E-state index contributed by atoms with van der Waals surface area (Å²) in [6.07, 6.45) is 3.85. The Morgan fingerprint density at radius 3 is 2.58 bits per heavy atom. The minimum absolute atomic E-state index is 0.0155. The van der Waals surface area contributed by atoms with E-state index in [0.29, 0.717) is 0 Å². The summed E-state index contributed by atoms with van der Waals surface area (Å²) in [6.45, 7) is 4.07. The summed E-state index contributed by atoms with van der Waals surface area (Å²) in [5, 5.41) is 0. The number of hydrogen-bond acceptors (Lipinski definition) is 3. The van der Waals surface area contributed by atoms with Gasteiger partial charge in [0.15, 0.2) is 0 Å². The van der Waals surface area contributed by atoms with Crippen LogP contribution in [0.25, 0.3) is 0 Å². The molecule has 3 nitrogen and oxygen atoms in total. The van der Waals surface area contributed by atoms with Crippen LogP contribution in [0.5, 0.6) is 0 Å². The first-order chi connectivity index (χ1) is 5.76. The van der Waals surface area contributed by atoms with Crippen LogP contribution in [0.3, 0.4) is 0 Å². The van der Waals surface area contributed by atoms with Gasteiger partial charge in [-0.3, -0.25) is 0 Å². The second-order valence-electron chi connectivity index (χ2n) is 2.72. The first kappa shape index (κ1) is 12.0. The van der Waals surface area contributed by atoms with E-state index in [0.717, 1.165) is 25.7 Å². The topological polar surface area (TPSA) is 35.5 Å². The first-order valence-corrected chi connectivity index (χ1v) is 4.78. The zero-order chi connectivity index (χ0) is 9.40. The van der Waals surface area contributed by atoms with E-state index in [1.165, 1.54) is 0 Å². The van der Waals surface area contributed by atoms with E-state index in [4.69, 9.17) is 0 Å². The Labute approximate surface area is 82.1 Å². The van der Waals surface area contributed by atoms with Gasteiger partial charge >= 0.3 is 81.7 Å². The quantitative estimate of drug-likeness (QED) is 0.498. The molecule has 0 spiro atoms. The van der Waals surface area contributed by atoms with Gasteiger partial charge in [-0.15, -0.1) is 0 Å². The molecule has 4 heteroatoms. The van der Waals surface area contributed by atoms with Crippen LogP contribution < -0.4 is 0 Å². The monoisotopic (exact) mass is 211 g/mol. The number of unbranched alkanes of at least 4 members (excludes halogenated alkanes) is 1. The fourth-order valence-corrected chi connectivity index (χ4v) is 1.15. The van der Waals surface area contributed by atoms with E-state index in [1.54, 1.807) is 0 Å². The third kappa shape index (κ3) is 4.76. The van der Waals surface area contributed by atoms with Gasteiger partial charge in [0.05, 0.1) is 0 Å². The third-order valence-corrected chi connectivity index (χ3v) is 1.95. The predicted octanol–water partition coefficient (Wildman–Crippen LogP) is 2.14. The molecular weight excluding hydrogens is 196 g/mol.